The number of hydrogen-bond donors (Lipinski definition) is 2. The van der Waals surface area contributed by atoms with E-state index in [4.69, 9.17) is 0 Å². The Kier molecular flexibility index (Phi) is 3.17. The first-order valence-electron chi connectivity index (χ1n) is 5.33. The minimum Gasteiger partial charge on any atom is -0.325 e. The van der Waals surface area contributed by atoms with Gasteiger partial charge in [-0.1, -0.05) is 6.07 Å². The minimum atomic E-state index is -3.14. The molecule has 0 bridgehead atoms. The molecule has 2 N–H and O–H groups in total. The van der Waals surface area contributed by atoms with Gasteiger partial charge in [0.15, 0.2) is 9.84 Å². The highest BCUT2D eigenvalue weighted by atomic mass is 32.2. The van der Waals surface area contributed by atoms with E-state index in [1.807, 2.05) is 0 Å². The normalized spacial score (nSPS) is 16.5. The first-order chi connectivity index (χ1) is 8.03. The molecule has 92 valence electrons. The largest absolute Gasteiger partial charge is 0.325 e. The van der Waals surface area contributed by atoms with Crippen molar-refractivity contribution >= 4 is 21.4 Å². The van der Waals surface area contributed by atoms with Crippen LogP contribution in [0.2, 0.25) is 0 Å². The number of carbonyl (C=O) groups is 1. The van der Waals surface area contributed by atoms with Crippen molar-refractivity contribution in [2.75, 3.05) is 24.7 Å². The molecule has 0 unspecified atom stereocenters. The molecule has 0 aromatic heterocycles. The summed E-state index contributed by atoms with van der Waals surface area (Å²) >= 11 is 0. The van der Waals surface area contributed by atoms with E-state index in [0.29, 0.717) is 17.0 Å². The third-order valence-electron chi connectivity index (χ3n) is 2.66. The lowest BCUT2D eigenvalue weighted by molar-refractivity contribution is -0.115. The zero-order valence-corrected chi connectivity index (χ0v) is 10.3. The number of sulfone groups is 1. The number of benzene rings is 1. The fourth-order valence-corrected chi connectivity index (χ4v) is 3.43. The maximum atomic E-state index is 11.7. The molecule has 0 radical (unpaired) electrons. The van der Waals surface area contributed by atoms with Gasteiger partial charge in [-0.05, 0) is 31.2 Å². The lowest BCUT2D eigenvalue weighted by atomic mass is 10.1. The molecule has 1 aromatic rings. The van der Waals surface area contributed by atoms with Crippen molar-refractivity contribution in [1.29, 1.82) is 0 Å². The fraction of sp³-hybridized carbons (Fsp3) is 0.364. The molecule has 1 aliphatic rings. The highest BCUT2D eigenvalue weighted by Gasteiger charge is 2.26. The van der Waals surface area contributed by atoms with E-state index >= 15 is 0 Å². The van der Waals surface area contributed by atoms with Crippen molar-refractivity contribution in [1.82, 2.24) is 5.32 Å². The molecule has 1 heterocycles. The topological polar surface area (TPSA) is 75.3 Å². The average molecular weight is 254 g/mol. The monoisotopic (exact) mass is 254 g/mol. The number of carbonyl (C=O) groups excluding carboxylic acids is 1. The van der Waals surface area contributed by atoms with Crippen LogP contribution in [0.3, 0.4) is 0 Å². The van der Waals surface area contributed by atoms with Gasteiger partial charge < -0.3 is 10.6 Å². The molecular formula is C11H14N2O3S. The molecule has 17 heavy (non-hydrogen) atoms. The molecule has 0 saturated heterocycles. The fourth-order valence-electron chi connectivity index (χ4n) is 1.85. The van der Waals surface area contributed by atoms with Crippen LogP contribution < -0.4 is 10.6 Å². The molecule has 0 saturated carbocycles. The zero-order valence-electron chi connectivity index (χ0n) is 9.49. The number of fused-ring (bicyclic) bond motifs is 1. The number of amides is 1. The number of anilines is 1. The van der Waals surface area contributed by atoms with Gasteiger partial charge in [0.1, 0.15) is 0 Å². The molecule has 2 rings (SSSR count). The van der Waals surface area contributed by atoms with Crippen LogP contribution in [0.1, 0.15) is 5.56 Å². The van der Waals surface area contributed by atoms with Crippen LogP contribution in [0.4, 0.5) is 5.69 Å². The van der Waals surface area contributed by atoms with Crippen LogP contribution in [0, 0.1) is 0 Å². The molecule has 0 aliphatic carbocycles. The van der Waals surface area contributed by atoms with E-state index in [2.05, 4.69) is 10.6 Å². The second kappa shape index (κ2) is 4.46. The predicted octanol–water partition coefficient (Wildman–Crippen LogP) is 0.174. The number of nitrogens with one attached hydrogen (secondary N) is 2. The maximum absolute atomic E-state index is 11.7. The quantitative estimate of drug-likeness (QED) is 0.806. The van der Waals surface area contributed by atoms with Gasteiger partial charge in [-0.2, -0.15) is 0 Å². The zero-order chi connectivity index (χ0) is 12.5. The molecule has 5 nitrogen and oxygen atoms in total. The van der Waals surface area contributed by atoms with Gasteiger partial charge in [0.25, 0.3) is 0 Å². The van der Waals surface area contributed by atoms with Gasteiger partial charge in [0.05, 0.1) is 17.2 Å². The number of rotatable bonds is 3. The van der Waals surface area contributed by atoms with Crippen LogP contribution in [0.15, 0.2) is 23.1 Å². The molecule has 0 fully saturated rings. The minimum absolute atomic E-state index is 0.163. The molecular weight excluding hydrogens is 240 g/mol. The Morgan fingerprint density at radius 2 is 2.18 bits per heavy atom. The van der Waals surface area contributed by atoms with Crippen molar-refractivity contribution in [3.05, 3.63) is 23.8 Å². The summed E-state index contributed by atoms with van der Waals surface area (Å²) in [6.07, 6.45) is 0.558. The van der Waals surface area contributed by atoms with Crippen molar-refractivity contribution in [3.63, 3.8) is 0 Å². The van der Waals surface area contributed by atoms with Crippen LogP contribution >= 0.6 is 0 Å². The molecule has 0 spiro atoms. The third kappa shape index (κ3) is 2.48. The second-order valence-electron chi connectivity index (χ2n) is 3.97. The average Bonchev–Trinajstić information content (AvgIpc) is 2.55. The SMILES string of the molecule is CNCC(=O)Nc1ccc2c(c1)S(=O)(=O)CC2. The lowest BCUT2D eigenvalue weighted by Gasteiger charge is -2.06. The van der Waals surface area contributed by atoms with Crippen molar-refractivity contribution in [2.24, 2.45) is 0 Å². The maximum Gasteiger partial charge on any atom is 0.238 e. The molecule has 1 aliphatic heterocycles. The van der Waals surface area contributed by atoms with Gasteiger partial charge in [-0.25, -0.2) is 8.42 Å². The van der Waals surface area contributed by atoms with Gasteiger partial charge in [-0.3, -0.25) is 4.79 Å². The Morgan fingerprint density at radius 3 is 2.88 bits per heavy atom. The predicted molar refractivity (Wildman–Crippen MR) is 64.8 cm³/mol. The molecule has 6 heteroatoms. The summed E-state index contributed by atoms with van der Waals surface area (Å²) in [7, 11) is -1.47. The van der Waals surface area contributed by atoms with Gasteiger partial charge >= 0.3 is 0 Å². The summed E-state index contributed by atoms with van der Waals surface area (Å²) < 4.78 is 23.4. The van der Waals surface area contributed by atoms with Crippen LogP contribution in [0.25, 0.3) is 0 Å². The van der Waals surface area contributed by atoms with Gasteiger partial charge in [0.2, 0.25) is 5.91 Å². The summed E-state index contributed by atoms with van der Waals surface area (Å²) in [6, 6.07) is 5.02. The van der Waals surface area contributed by atoms with E-state index < -0.39 is 9.84 Å². The highest BCUT2D eigenvalue weighted by molar-refractivity contribution is 7.91. The Labute approximate surface area is 100 Å². The Balaban J connectivity index is 2.26. The number of aryl methyl sites for hydroxylation is 1. The van der Waals surface area contributed by atoms with E-state index in [9.17, 15) is 13.2 Å². The van der Waals surface area contributed by atoms with E-state index in [-0.39, 0.29) is 18.2 Å². The van der Waals surface area contributed by atoms with Crippen molar-refractivity contribution in [2.45, 2.75) is 11.3 Å². The third-order valence-corrected chi connectivity index (χ3v) is 4.46. The summed E-state index contributed by atoms with van der Waals surface area (Å²) in [6.45, 7) is 0.198. The van der Waals surface area contributed by atoms with Gasteiger partial charge in [-0.15, -0.1) is 0 Å². The lowest BCUT2D eigenvalue weighted by Crippen LogP contribution is -2.25. The first-order valence-corrected chi connectivity index (χ1v) is 6.98. The van der Waals surface area contributed by atoms with E-state index in [1.165, 1.54) is 6.07 Å². The van der Waals surface area contributed by atoms with Crippen molar-refractivity contribution in [3.8, 4) is 0 Å². The van der Waals surface area contributed by atoms with Crippen LogP contribution in [0.5, 0.6) is 0 Å². The standard InChI is InChI=1S/C11H14N2O3S/c1-12-7-11(14)13-9-3-2-8-4-5-17(15,16)10(8)6-9/h2-3,6,12H,4-5,7H2,1H3,(H,13,14). The van der Waals surface area contributed by atoms with Gasteiger partial charge in [0, 0.05) is 5.69 Å². The summed E-state index contributed by atoms with van der Waals surface area (Å²) in [5.74, 6) is -0.0289. The highest BCUT2D eigenvalue weighted by Crippen LogP contribution is 2.28. The molecule has 0 atom stereocenters. The summed E-state index contributed by atoms with van der Waals surface area (Å²) in [4.78, 5) is 11.7. The van der Waals surface area contributed by atoms with Crippen LogP contribution in [-0.4, -0.2) is 33.7 Å². The molecule has 1 amide bonds. The van der Waals surface area contributed by atoms with E-state index in [0.717, 1.165) is 5.56 Å². The first kappa shape index (κ1) is 12.1. The Hall–Kier alpha value is -1.40. The number of hydrogen-bond acceptors (Lipinski definition) is 4. The van der Waals surface area contributed by atoms with Crippen molar-refractivity contribution < 1.29 is 13.2 Å². The second-order valence-corrected chi connectivity index (χ2v) is 6.05. The smallest absolute Gasteiger partial charge is 0.238 e. The number of likely N-dealkylation sites (N-methyl/N-ethyl adjacent to an activating group) is 1. The Morgan fingerprint density at radius 1 is 1.41 bits per heavy atom. The molecule has 1 aromatic carbocycles. The van der Waals surface area contributed by atoms with Crippen LogP contribution in [-0.2, 0) is 21.1 Å². The summed E-state index contributed by atoms with van der Waals surface area (Å²) in [5.41, 5.74) is 1.35. The van der Waals surface area contributed by atoms with E-state index in [1.54, 1.807) is 19.2 Å². The summed E-state index contributed by atoms with van der Waals surface area (Å²) in [5, 5.41) is 5.37. The Bertz CT molecular complexity index is 552.